The van der Waals surface area contributed by atoms with Gasteiger partial charge >= 0.3 is 0 Å². The number of aliphatic hydroxyl groups is 2. The quantitative estimate of drug-likeness (QED) is 0.765. The molecule has 0 saturated heterocycles. The summed E-state index contributed by atoms with van der Waals surface area (Å²) in [4.78, 5) is -0.191. The highest BCUT2D eigenvalue weighted by Crippen LogP contribution is 2.58. The molecule has 1 aliphatic carbocycles. The van der Waals surface area contributed by atoms with Gasteiger partial charge in [-0.2, -0.15) is 0 Å². The van der Waals surface area contributed by atoms with E-state index in [1.54, 1.807) is 0 Å². The summed E-state index contributed by atoms with van der Waals surface area (Å²) in [7, 11) is -4.44. The first-order chi connectivity index (χ1) is 13.1. The maximum Gasteiger partial charge on any atom is 0.191 e. The van der Waals surface area contributed by atoms with Gasteiger partial charge in [-0.25, -0.2) is 17.2 Å². The van der Waals surface area contributed by atoms with Crippen molar-refractivity contribution < 1.29 is 32.1 Å². The fraction of sp³-hybridized carbons (Fsp3) is 0.368. The molecule has 0 spiro atoms. The van der Waals surface area contributed by atoms with Gasteiger partial charge in [0.1, 0.15) is 22.8 Å². The molecule has 4 rings (SSSR count). The Morgan fingerprint density at radius 1 is 1.11 bits per heavy atom. The van der Waals surface area contributed by atoms with Crippen molar-refractivity contribution in [3.05, 3.63) is 58.6 Å². The third-order valence-electron chi connectivity index (χ3n) is 5.66. The van der Waals surface area contributed by atoms with Crippen LogP contribution in [0.25, 0.3) is 0 Å². The Labute approximate surface area is 165 Å². The highest BCUT2D eigenvalue weighted by atomic mass is 35.5. The van der Waals surface area contributed by atoms with E-state index in [1.807, 2.05) is 0 Å². The Morgan fingerprint density at radius 2 is 1.75 bits per heavy atom. The van der Waals surface area contributed by atoms with Crippen LogP contribution in [0.5, 0.6) is 5.75 Å². The number of benzene rings is 2. The van der Waals surface area contributed by atoms with Crippen molar-refractivity contribution in [1.29, 1.82) is 0 Å². The summed E-state index contributed by atoms with van der Waals surface area (Å²) < 4.78 is 59.9. The Hall–Kier alpha value is -1.74. The highest BCUT2D eigenvalue weighted by molar-refractivity contribution is 7.92. The number of halogens is 3. The van der Waals surface area contributed by atoms with Crippen LogP contribution in [0.15, 0.2) is 41.3 Å². The van der Waals surface area contributed by atoms with Gasteiger partial charge in [-0.15, -0.1) is 0 Å². The lowest BCUT2D eigenvalue weighted by atomic mass is 9.68. The van der Waals surface area contributed by atoms with Crippen molar-refractivity contribution in [3.63, 3.8) is 0 Å². The van der Waals surface area contributed by atoms with E-state index in [0.717, 1.165) is 12.1 Å². The zero-order chi connectivity index (χ0) is 20.3. The standard InChI is InChI=1S/C19H17ClF2O5S/c20-11-1-3-13(4-2-11)28(25,26)19-8-7-12(23)9-18(19,24)10-27-17-15(22)6-5-14(21)16(17)19/h1-6,12,23-24H,7-10H2/t12-,18?,19+/m0/s1. The number of rotatable bonds is 2. The van der Waals surface area contributed by atoms with Crippen LogP contribution in [0.3, 0.4) is 0 Å². The lowest BCUT2D eigenvalue weighted by Gasteiger charge is -2.53. The van der Waals surface area contributed by atoms with Crippen molar-refractivity contribution in [3.8, 4) is 5.75 Å². The Morgan fingerprint density at radius 3 is 2.43 bits per heavy atom. The summed E-state index contributed by atoms with van der Waals surface area (Å²) >= 11 is 5.85. The summed E-state index contributed by atoms with van der Waals surface area (Å²) in [5.74, 6) is -2.45. The molecule has 9 heteroatoms. The molecule has 2 aromatic carbocycles. The predicted molar refractivity (Wildman–Crippen MR) is 97.0 cm³/mol. The minimum absolute atomic E-state index is 0.00940. The second kappa shape index (κ2) is 6.38. The van der Waals surface area contributed by atoms with Gasteiger partial charge in [-0.3, -0.25) is 0 Å². The lowest BCUT2D eigenvalue weighted by Crippen LogP contribution is -2.65. The molecule has 28 heavy (non-hydrogen) atoms. The second-order valence-corrected chi connectivity index (χ2v) is 9.85. The fourth-order valence-corrected chi connectivity index (χ4v) is 6.88. The minimum Gasteiger partial charge on any atom is -0.487 e. The van der Waals surface area contributed by atoms with Gasteiger partial charge in [-0.1, -0.05) is 11.6 Å². The average Bonchev–Trinajstić information content (AvgIpc) is 2.63. The fourth-order valence-electron chi connectivity index (χ4n) is 4.37. The number of hydrogen-bond acceptors (Lipinski definition) is 5. The molecule has 1 heterocycles. The SMILES string of the molecule is O=S(=O)(c1ccc(Cl)cc1)[C@@]12CC[C@H](O)CC1(O)COc1c(F)ccc(F)c12. The molecule has 2 N–H and O–H groups in total. The summed E-state index contributed by atoms with van der Waals surface area (Å²) in [5.41, 5.74) is -2.69. The molecule has 1 fully saturated rings. The number of hydrogen-bond donors (Lipinski definition) is 2. The molecule has 0 aromatic heterocycles. The summed E-state index contributed by atoms with van der Waals surface area (Å²) in [6.07, 6.45) is -1.66. The van der Waals surface area contributed by atoms with Crippen LogP contribution < -0.4 is 4.74 Å². The summed E-state index contributed by atoms with van der Waals surface area (Å²) in [5, 5.41) is 21.7. The zero-order valence-corrected chi connectivity index (χ0v) is 16.1. The molecule has 5 nitrogen and oxygen atoms in total. The molecule has 0 radical (unpaired) electrons. The number of sulfone groups is 1. The van der Waals surface area contributed by atoms with Crippen LogP contribution in [0.2, 0.25) is 5.02 Å². The second-order valence-electron chi connectivity index (χ2n) is 7.23. The number of ether oxygens (including phenoxy) is 1. The highest BCUT2D eigenvalue weighted by Gasteiger charge is 2.67. The van der Waals surface area contributed by atoms with Crippen LogP contribution in [-0.4, -0.2) is 36.9 Å². The molecule has 1 saturated carbocycles. The van der Waals surface area contributed by atoms with E-state index in [4.69, 9.17) is 16.3 Å². The molecule has 1 aliphatic heterocycles. The van der Waals surface area contributed by atoms with Gasteiger partial charge < -0.3 is 14.9 Å². The molecule has 2 aromatic rings. The van der Waals surface area contributed by atoms with Crippen molar-refractivity contribution in [2.24, 2.45) is 0 Å². The first kappa shape index (κ1) is 19.6. The van der Waals surface area contributed by atoms with Crippen LogP contribution in [0.1, 0.15) is 24.8 Å². The van der Waals surface area contributed by atoms with E-state index in [-0.39, 0.29) is 24.2 Å². The van der Waals surface area contributed by atoms with Crippen molar-refractivity contribution in [2.75, 3.05) is 6.61 Å². The molecule has 2 aliphatic rings. The van der Waals surface area contributed by atoms with E-state index in [2.05, 4.69) is 0 Å². The topological polar surface area (TPSA) is 83.8 Å². The minimum atomic E-state index is -4.44. The molecule has 1 unspecified atom stereocenters. The Balaban J connectivity index is 2.07. The van der Waals surface area contributed by atoms with Gasteiger partial charge in [0, 0.05) is 11.4 Å². The van der Waals surface area contributed by atoms with Crippen molar-refractivity contribution in [1.82, 2.24) is 0 Å². The summed E-state index contributed by atoms with van der Waals surface area (Å²) in [6, 6.07) is 6.90. The van der Waals surface area contributed by atoms with E-state index in [0.29, 0.717) is 5.02 Å². The molecular weight excluding hydrogens is 414 g/mol. The Kier molecular flexibility index (Phi) is 4.46. The maximum absolute atomic E-state index is 14.9. The maximum atomic E-state index is 14.9. The third-order valence-corrected chi connectivity index (χ3v) is 8.51. The first-order valence-corrected chi connectivity index (χ1v) is 10.5. The van der Waals surface area contributed by atoms with Gasteiger partial charge in [-0.05, 0) is 49.2 Å². The molecule has 3 atom stereocenters. The number of aliphatic hydroxyl groups excluding tert-OH is 1. The first-order valence-electron chi connectivity index (χ1n) is 8.64. The van der Waals surface area contributed by atoms with Crippen molar-refractivity contribution >= 4 is 21.4 Å². The smallest absolute Gasteiger partial charge is 0.191 e. The number of fused-ring (bicyclic) bond motifs is 3. The third kappa shape index (κ3) is 2.51. The van der Waals surface area contributed by atoms with Crippen LogP contribution in [0.4, 0.5) is 8.78 Å². The van der Waals surface area contributed by atoms with E-state index < -0.39 is 55.8 Å². The average molecular weight is 431 g/mol. The largest absolute Gasteiger partial charge is 0.487 e. The zero-order valence-electron chi connectivity index (χ0n) is 14.5. The van der Waals surface area contributed by atoms with E-state index in [1.165, 1.54) is 24.3 Å². The van der Waals surface area contributed by atoms with Gasteiger partial charge in [0.2, 0.25) is 0 Å². The Bertz CT molecular complexity index is 1040. The molecule has 0 bridgehead atoms. The van der Waals surface area contributed by atoms with Gasteiger partial charge in [0.15, 0.2) is 21.4 Å². The van der Waals surface area contributed by atoms with Gasteiger partial charge in [0.25, 0.3) is 0 Å². The van der Waals surface area contributed by atoms with Crippen LogP contribution in [-0.2, 0) is 14.6 Å². The van der Waals surface area contributed by atoms with Crippen LogP contribution in [0, 0.1) is 11.6 Å². The molecule has 150 valence electrons. The van der Waals surface area contributed by atoms with Gasteiger partial charge in [0.05, 0.1) is 16.6 Å². The summed E-state index contributed by atoms with van der Waals surface area (Å²) in [6.45, 7) is -0.593. The molecule has 0 amide bonds. The normalized spacial score (nSPS) is 29.5. The van der Waals surface area contributed by atoms with Crippen molar-refractivity contribution in [2.45, 2.75) is 40.6 Å². The van der Waals surface area contributed by atoms with E-state index >= 15 is 0 Å². The molecular formula is C19H17ClF2O5S. The van der Waals surface area contributed by atoms with Crippen LogP contribution >= 0.6 is 11.6 Å². The van der Waals surface area contributed by atoms with E-state index in [9.17, 15) is 27.4 Å². The predicted octanol–water partition coefficient (Wildman–Crippen LogP) is 2.96. The monoisotopic (exact) mass is 430 g/mol. The lowest BCUT2D eigenvalue weighted by molar-refractivity contribution is -0.113.